The maximum absolute atomic E-state index is 12.5. The van der Waals surface area contributed by atoms with Crippen LogP contribution < -0.4 is 4.90 Å². The third-order valence-electron chi connectivity index (χ3n) is 3.51. The maximum atomic E-state index is 12.5. The molecule has 0 aromatic heterocycles. The maximum Gasteiger partial charge on any atom is 0.230 e. The van der Waals surface area contributed by atoms with Crippen LogP contribution in [0.4, 0.5) is 5.69 Å². The summed E-state index contributed by atoms with van der Waals surface area (Å²) in [5.41, 5.74) is 0.693. The molecule has 1 aromatic rings. The summed E-state index contributed by atoms with van der Waals surface area (Å²) >= 11 is 5.86. The molecule has 0 bridgehead atoms. The van der Waals surface area contributed by atoms with Gasteiger partial charge in [0.25, 0.3) is 0 Å². The molecule has 1 fully saturated rings. The minimum Gasteiger partial charge on any atom is -0.304 e. The van der Waals surface area contributed by atoms with Gasteiger partial charge >= 0.3 is 0 Å². The van der Waals surface area contributed by atoms with Gasteiger partial charge in [-0.1, -0.05) is 11.6 Å². The lowest BCUT2D eigenvalue weighted by molar-refractivity contribution is -0.120. The molecule has 1 aliphatic carbocycles. The Morgan fingerprint density at radius 1 is 1.20 bits per heavy atom. The van der Waals surface area contributed by atoms with Gasteiger partial charge in [-0.15, -0.1) is 0 Å². The number of sulfone groups is 1. The van der Waals surface area contributed by atoms with Gasteiger partial charge in [-0.2, -0.15) is 0 Å². The van der Waals surface area contributed by atoms with Crippen LogP contribution in [0.5, 0.6) is 0 Å². The Kier molecular flexibility index (Phi) is 3.34. The van der Waals surface area contributed by atoms with Gasteiger partial charge < -0.3 is 4.90 Å². The first-order valence-corrected chi connectivity index (χ1v) is 8.55. The molecule has 0 N–H and O–H groups in total. The summed E-state index contributed by atoms with van der Waals surface area (Å²) in [6.07, 6.45) is 3.35. The lowest BCUT2D eigenvalue weighted by Crippen LogP contribution is -2.42. The van der Waals surface area contributed by atoms with Crippen molar-refractivity contribution in [3.8, 4) is 0 Å². The highest BCUT2D eigenvalue weighted by Gasteiger charge is 2.39. The molecule has 106 valence electrons. The molecule has 0 saturated heterocycles. The van der Waals surface area contributed by atoms with E-state index in [4.69, 9.17) is 11.6 Å². The van der Waals surface area contributed by atoms with Crippen molar-refractivity contribution in [3.05, 3.63) is 40.8 Å². The van der Waals surface area contributed by atoms with Crippen molar-refractivity contribution < 1.29 is 13.2 Å². The van der Waals surface area contributed by atoms with E-state index in [0.29, 0.717) is 10.7 Å². The van der Waals surface area contributed by atoms with Crippen molar-refractivity contribution in [2.45, 2.75) is 18.9 Å². The molecular formula is C14H14ClNO3S. The largest absolute Gasteiger partial charge is 0.304 e. The summed E-state index contributed by atoms with van der Waals surface area (Å²) in [7, 11) is -3.20. The Morgan fingerprint density at radius 3 is 2.35 bits per heavy atom. The first kappa shape index (κ1) is 13.6. The Balaban J connectivity index is 1.94. The van der Waals surface area contributed by atoms with E-state index < -0.39 is 15.9 Å². The number of hydrogen-bond acceptors (Lipinski definition) is 3. The van der Waals surface area contributed by atoms with Crippen molar-refractivity contribution in [3.63, 3.8) is 0 Å². The third kappa shape index (κ3) is 2.74. The second-order valence-electron chi connectivity index (χ2n) is 5.18. The highest BCUT2D eigenvalue weighted by molar-refractivity contribution is 7.94. The smallest absolute Gasteiger partial charge is 0.230 e. The molecule has 20 heavy (non-hydrogen) atoms. The van der Waals surface area contributed by atoms with Gasteiger partial charge in [-0.25, -0.2) is 8.42 Å². The van der Waals surface area contributed by atoms with E-state index in [-0.39, 0.29) is 17.6 Å². The molecule has 0 spiro atoms. The van der Waals surface area contributed by atoms with Gasteiger partial charge in [0.2, 0.25) is 5.91 Å². The van der Waals surface area contributed by atoms with E-state index in [1.807, 2.05) is 0 Å². The predicted octanol–water partition coefficient (Wildman–Crippen LogP) is 2.39. The SMILES string of the molecule is O=C(C1CC1)N(c1ccc(Cl)cc1)[C@H]1C=CS(=O)(=O)C1. The van der Waals surface area contributed by atoms with Crippen molar-refractivity contribution in [2.24, 2.45) is 5.92 Å². The molecule has 1 atom stereocenters. The molecule has 1 saturated carbocycles. The zero-order chi connectivity index (χ0) is 14.3. The average molecular weight is 312 g/mol. The number of hydrogen-bond donors (Lipinski definition) is 0. The quantitative estimate of drug-likeness (QED) is 0.861. The van der Waals surface area contributed by atoms with Crippen molar-refractivity contribution in [1.29, 1.82) is 0 Å². The number of carbonyl (C=O) groups is 1. The van der Waals surface area contributed by atoms with Crippen LogP contribution in [0.15, 0.2) is 35.7 Å². The summed E-state index contributed by atoms with van der Waals surface area (Å²) in [5, 5.41) is 1.78. The predicted molar refractivity (Wildman–Crippen MR) is 78.4 cm³/mol. The van der Waals surface area contributed by atoms with Crippen molar-refractivity contribution in [1.82, 2.24) is 0 Å². The van der Waals surface area contributed by atoms with Gasteiger partial charge in [0.1, 0.15) is 0 Å². The summed E-state index contributed by atoms with van der Waals surface area (Å²) < 4.78 is 23.2. The summed E-state index contributed by atoms with van der Waals surface area (Å²) in [5.74, 6) is -0.0184. The zero-order valence-corrected chi connectivity index (χ0v) is 12.3. The van der Waals surface area contributed by atoms with Crippen LogP contribution in [0, 0.1) is 5.92 Å². The molecule has 1 aromatic carbocycles. The van der Waals surface area contributed by atoms with E-state index in [1.54, 1.807) is 35.2 Å². The lowest BCUT2D eigenvalue weighted by Gasteiger charge is -2.27. The first-order chi connectivity index (χ1) is 9.46. The molecule has 1 heterocycles. The molecule has 6 heteroatoms. The number of rotatable bonds is 3. The molecular weight excluding hydrogens is 298 g/mol. The summed E-state index contributed by atoms with van der Waals surface area (Å²) in [6.45, 7) is 0. The van der Waals surface area contributed by atoms with Gasteiger partial charge in [0.15, 0.2) is 9.84 Å². The zero-order valence-electron chi connectivity index (χ0n) is 10.7. The topological polar surface area (TPSA) is 54.5 Å². The Bertz CT molecular complexity index is 662. The highest BCUT2D eigenvalue weighted by atomic mass is 35.5. The number of anilines is 1. The number of halogens is 1. The van der Waals surface area contributed by atoms with E-state index in [1.165, 1.54) is 5.41 Å². The fourth-order valence-electron chi connectivity index (χ4n) is 2.33. The molecule has 1 amide bonds. The summed E-state index contributed by atoms with van der Waals surface area (Å²) in [6, 6.07) is 6.49. The van der Waals surface area contributed by atoms with Gasteiger partial charge in [-0.05, 0) is 43.2 Å². The lowest BCUT2D eigenvalue weighted by atomic mass is 10.2. The van der Waals surface area contributed by atoms with E-state index in [0.717, 1.165) is 12.8 Å². The van der Waals surface area contributed by atoms with Crippen LogP contribution in [0.2, 0.25) is 5.02 Å². The van der Waals surface area contributed by atoms with Crippen LogP contribution in [0.1, 0.15) is 12.8 Å². The number of carbonyl (C=O) groups excluding carboxylic acids is 1. The Labute approximate surface area is 122 Å². The fourth-order valence-corrected chi connectivity index (χ4v) is 3.73. The van der Waals surface area contributed by atoms with E-state index in [9.17, 15) is 13.2 Å². The van der Waals surface area contributed by atoms with Gasteiger partial charge in [0, 0.05) is 22.0 Å². The number of nitrogens with zero attached hydrogens (tertiary/aromatic N) is 1. The van der Waals surface area contributed by atoms with Crippen LogP contribution in [-0.4, -0.2) is 26.1 Å². The second-order valence-corrected chi connectivity index (χ2v) is 7.55. The van der Waals surface area contributed by atoms with E-state index in [2.05, 4.69) is 0 Å². The molecule has 4 nitrogen and oxygen atoms in total. The minimum absolute atomic E-state index is 0.000859. The summed E-state index contributed by atoms with van der Waals surface area (Å²) in [4.78, 5) is 14.0. The molecule has 0 unspecified atom stereocenters. The molecule has 2 aliphatic rings. The molecule has 3 rings (SSSR count). The monoisotopic (exact) mass is 311 g/mol. The van der Waals surface area contributed by atoms with Crippen LogP contribution in [-0.2, 0) is 14.6 Å². The first-order valence-electron chi connectivity index (χ1n) is 6.46. The normalized spacial score (nSPS) is 23.8. The van der Waals surface area contributed by atoms with Crippen LogP contribution in [0.25, 0.3) is 0 Å². The standard InChI is InChI=1S/C14H14ClNO3S/c15-11-3-5-12(6-4-11)16(14(17)10-1-2-10)13-7-8-20(18,19)9-13/h3-8,10,13H,1-2,9H2/t13-/m0/s1. The molecule has 1 aliphatic heterocycles. The van der Waals surface area contributed by atoms with E-state index >= 15 is 0 Å². The highest BCUT2D eigenvalue weighted by Crippen LogP contribution is 2.35. The second kappa shape index (κ2) is 4.90. The van der Waals surface area contributed by atoms with Crippen LogP contribution in [0.3, 0.4) is 0 Å². The average Bonchev–Trinajstić information content (AvgIpc) is 3.17. The third-order valence-corrected chi connectivity index (χ3v) is 5.14. The Hall–Kier alpha value is -1.33. The van der Waals surface area contributed by atoms with Crippen molar-refractivity contribution >= 4 is 33.0 Å². The number of benzene rings is 1. The molecule has 0 radical (unpaired) electrons. The Morgan fingerprint density at radius 2 is 1.85 bits per heavy atom. The number of amides is 1. The fraction of sp³-hybridized carbons (Fsp3) is 0.357. The van der Waals surface area contributed by atoms with Gasteiger partial charge in [0.05, 0.1) is 11.8 Å². The van der Waals surface area contributed by atoms with Crippen molar-refractivity contribution in [2.75, 3.05) is 10.7 Å². The van der Waals surface area contributed by atoms with Gasteiger partial charge in [-0.3, -0.25) is 4.79 Å². The van der Waals surface area contributed by atoms with Crippen LogP contribution >= 0.6 is 11.6 Å². The minimum atomic E-state index is -3.20.